The van der Waals surface area contributed by atoms with E-state index in [0.29, 0.717) is 27.8 Å². The van der Waals surface area contributed by atoms with E-state index in [-0.39, 0.29) is 6.10 Å². The van der Waals surface area contributed by atoms with E-state index < -0.39 is 0 Å². The van der Waals surface area contributed by atoms with Crippen molar-refractivity contribution in [2.75, 3.05) is 6.61 Å². The topological polar surface area (TPSA) is 52.2 Å². The van der Waals surface area contributed by atoms with Gasteiger partial charge in [0.1, 0.15) is 10.7 Å². The van der Waals surface area contributed by atoms with E-state index in [1.54, 1.807) is 48.9 Å². The van der Waals surface area contributed by atoms with Crippen molar-refractivity contribution in [2.45, 2.75) is 12.6 Å². The van der Waals surface area contributed by atoms with Gasteiger partial charge >= 0.3 is 0 Å². The van der Waals surface area contributed by atoms with E-state index in [1.807, 2.05) is 16.8 Å². The molecule has 0 aliphatic carbocycles. The first kappa shape index (κ1) is 21.2. The minimum absolute atomic E-state index is 0.169. The van der Waals surface area contributed by atoms with Crippen molar-refractivity contribution in [1.82, 2.24) is 14.3 Å². The summed E-state index contributed by atoms with van der Waals surface area (Å²) >= 11 is 16.8. The highest BCUT2D eigenvalue weighted by Gasteiger charge is 2.16. The summed E-state index contributed by atoms with van der Waals surface area (Å²) in [6.07, 6.45) is 8.39. The SMILES string of the molecule is C=CCOC(Cn1ccnc1)c1ccc(Cl)cc1Cl.On1ccccc1=S. The van der Waals surface area contributed by atoms with Crippen LogP contribution in [-0.4, -0.2) is 26.1 Å². The summed E-state index contributed by atoms with van der Waals surface area (Å²) in [4.78, 5) is 4.02. The Bertz CT molecular complexity index is 913. The fourth-order valence-electron chi connectivity index (χ4n) is 2.19. The number of rotatable bonds is 6. The molecule has 2 aromatic heterocycles. The Morgan fingerprint density at radius 3 is 2.63 bits per heavy atom. The Kier molecular flexibility index (Phi) is 8.54. The van der Waals surface area contributed by atoms with Crippen molar-refractivity contribution in [3.8, 4) is 0 Å². The monoisotopic (exact) mass is 423 g/mol. The molecule has 0 radical (unpaired) electrons. The highest BCUT2D eigenvalue weighted by atomic mass is 35.5. The van der Waals surface area contributed by atoms with Crippen molar-refractivity contribution in [2.24, 2.45) is 0 Å². The molecule has 2 heterocycles. The molecule has 3 rings (SSSR count). The Balaban J connectivity index is 0.000000273. The van der Waals surface area contributed by atoms with Gasteiger partial charge in [-0.15, -0.1) is 6.58 Å². The van der Waals surface area contributed by atoms with Crippen LogP contribution in [0.2, 0.25) is 10.0 Å². The zero-order chi connectivity index (χ0) is 19.6. The fraction of sp³-hybridized carbons (Fsp3) is 0.158. The highest BCUT2D eigenvalue weighted by molar-refractivity contribution is 7.71. The number of imidazole rings is 1. The van der Waals surface area contributed by atoms with Gasteiger partial charge in [0, 0.05) is 34.2 Å². The van der Waals surface area contributed by atoms with E-state index >= 15 is 0 Å². The minimum atomic E-state index is -0.169. The standard InChI is InChI=1S/C14H14Cl2N2O.C5H5NOS/c1-2-7-19-14(9-18-6-5-17-10-18)12-4-3-11(15)8-13(12)16;7-6-4-2-1-3-5(6)8/h2-6,8,10,14H,1,7,9H2;1-4,7H. The second-order valence-corrected chi connectivity index (χ2v) is 6.68. The number of ether oxygens (including phenoxy) is 1. The maximum absolute atomic E-state index is 8.73. The molecule has 0 amide bonds. The number of hydrogen-bond donors (Lipinski definition) is 1. The predicted molar refractivity (Wildman–Crippen MR) is 110 cm³/mol. The molecular formula is C19H19Cl2N3O2S. The summed E-state index contributed by atoms with van der Waals surface area (Å²) in [6.45, 7) is 4.75. The number of pyridine rings is 1. The molecule has 0 aliphatic heterocycles. The molecule has 3 aromatic rings. The second kappa shape index (κ2) is 10.9. The van der Waals surface area contributed by atoms with Crippen molar-refractivity contribution in [3.63, 3.8) is 0 Å². The smallest absolute Gasteiger partial charge is 0.142 e. The lowest BCUT2D eigenvalue weighted by Crippen LogP contribution is -2.12. The zero-order valence-corrected chi connectivity index (χ0v) is 16.7. The Hall–Kier alpha value is -2.12. The lowest BCUT2D eigenvalue weighted by molar-refractivity contribution is 0.0608. The predicted octanol–water partition coefficient (Wildman–Crippen LogP) is 5.59. The van der Waals surface area contributed by atoms with E-state index in [0.717, 1.165) is 10.3 Å². The number of hydrogen-bond acceptors (Lipinski definition) is 4. The molecule has 0 bridgehead atoms. The van der Waals surface area contributed by atoms with Gasteiger partial charge in [0.25, 0.3) is 0 Å². The fourth-order valence-corrected chi connectivity index (χ4v) is 2.86. The van der Waals surface area contributed by atoms with Crippen LogP contribution >= 0.6 is 35.4 Å². The van der Waals surface area contributed by atoms with Gasteiger partial charge in [0.05, 0.1) is 19.5 Å². The van der Waals surface area contributed by atoms with Crippen molar-refractivity contribution >= 4 is 35.4 Å². The third-order valence-electron chi connectivity index (χ3n) is 3.46. The van der Waals surface area contributed by atoms with Crippen LogP contribution in [0.4, 0.5) is 0 Å². The maximum atomic E-state index is 8.73. The summed E-state index contributed by atoms with van der Waals surface area (Å²) in [5.74, 6) is 0. The Morgan fingerprint density at radius 1 is 1.26 bits per heavy atom. The van der Waals surface area contributed by atoms with E-state index in [4.69, 9.17) is 33.1 Å². The van der Waals surface area contributed by atoms with Crippen LogP contribution in [0.1, 0.15) is 11.7 Å². The molecule has 0 saturated carbocycles. The molecule has 0 fully saturated rings. The van der Waals surface area contributed by atoms with Crippen LogP contribution in [0.5, 0.6) is 0 Å². The number of aromatic nitrogens is 3. The molecule has 1 aromatic carbocycles. The minimum Gasteiger partial charge on any atom is -0.428 e. The highest BCUT2D eigenvalue weighted by Crippen LogP contribution is 2.29. The van der Waals surface area contributed by atoms with Gasteiger partial charge < -0.3 is 14.5 Å². The average molecular weight is 424 g/mol. The van der Waals surface area contributed by atoms with Crippen molar-refractivity contribution < 1.29 is 9.94 Å². The van der Waals surface area contributed by atoms with Crippen LogP contribution in [0.15, 0.2) is 74.0 Å². The van der Waals surface area contributed by atoms with E-state index in [1.165, 1.54) is 6.20 Å². The summed E-state index contributed by atoms with van der Waals surface area (Å²) in [6, 6.07) is 10.5. The van der Waals surface area contributed by atoms with Crippen molar-refractivity contribution in [1.29, 1.82) is 0 Å². The first-order valence-electron chi connectivity index (χ1n) is 8.01. The lowest BCUT2D eigenvalue weighted by atomic mass is 10.1. The maximum Gasteiger partial charge on any atom is 0.142 e. The first-order valence-corrected chi connectivity index (χ1v) is 9.17. The molecule has 8 heteroatoms. The van der Waals surface area contributed by atoms with Gasteiger partial charge in [-0.25, -0.2) is 4.98 Å². The molecule has 1 atom stereocenters. The van der Waals surface area contributed by atoms with Crippen LogP contribution < -0.4 is 0 Å². The van der Waals surface area contributed by atoms with Gasteiger partial charge in [-0.3, -0.25) is 0 Å². The molecule has 1 unspecified atom stereocenters. The zero-order valence-electron chi connectivity index (χ0n) is 14.4. The number of benzene rings is 1. The average Bonchev–Trinajstić information content (AvgIpc) is 3.15. The summed E-state index contributed by atoms with van der Waals surface area (Å²) in [5.41, 5.74) is 0.904. The Labute approximate surface area is 173 Å². The number of halogens is 2. The van der Waals surface area contributed by atoms with Gasteiger partial charge in [0.2, 0.25) is 0 Å². The van der Waals surface area contributed by atoms with Crippen molar-refractivity contribution in [3.05, 3.63) is 94.2 Å². The quantitative estimate of drug-likeness (QED) is 0.319. The molecule has 1 N–H and O–H groups in total. The molecule has 27 heavy (non-hydrogen) atoms. The van der Waals surface area contributed by atoms with Crippen LogP contribution in [0.25, 0.3) is 0 Å². The van der Waals surface area contributed by atoms with Gasteiger partial charge in [-0.1, -0.05) is 53.6 Å². The molecule has 0 saturated heterocycles. The molecule has 0 spiro atoms. The van der Waals surface area contributed by atoms with Crippen LogP contribution in [0, 0.1) is 4.64 Å². The van der Waals surface area contributed by atoms with Gasteiger partial charge in [-0.2, -0.15) is 4.73 Å². The van der Waals surface area contributed by atoms with Crippen LogP contribution in [0.3, 0.4) is 0 Å². The summed E-state index contributed by atoms with van der Waals surface area (Å²) < 4.78 is 9.04. The lowest BCUT2D eigenvalue weighted by Gasteiger charge is -2.19. The summed E-state index contributed by atoms with van der Waals surface area (Å²) in [7, 11) is 0. The third kappa shape index (κ3) is 6.84. The molecule has 142 valence electrons. The largest absolute Gasteiger partial charge is 0.428 e. The number of nitrogens with zero attached hydrogens (tertiary/aromatic N) is 3. The molecule has 0 aliphatic rings. The van der Waals surface area contributed by atoms with Gasteiger partial charge in [-0.05, 0) is 24.3 Å². The van der Waals surface area contributed by atoms with E-state index in [9.17, 15) is 0 Å². The third-order valence-corrected chi connectivity index (χ3v) is 4.35. The van der Waals surface area contributed by atoms with Crippen LogP contribution in [-0.2, 0) is 11.3 Å². The summed E-state index contributed by atoms with van der Waals surface area (Å²) in [5, 5.41) is 9.94. The normalized spacial score (nSPS) is 11.3. The van der Waals surface area contributed by atoms with Gasteiger partial charge in [0.15, 0.2) is 0 Å². The van der Waals surface area contributed by atoms with E-state index in [2.05, 4.69) is 23.8 Å². The molecule has 5 nitrogen and oxygen atoms in total. The Morgan fingerprint density at radius 2 is 2.07 bits per heavy atom. The second-order valence-electron chi connectivity index (χ2n) is 5.42. The molecular weight excluding hydrogens is 405 g/mol. The first-order chi connectivity index (χ1) is 13.0.